The van der Waals surface area contributed by atoms with Crippen molar-refractivity contribution in [2.45, 2.75) is 12.5 Å². The van der Waals surface area contributed by atoms with Crippen LogP contribution in [0.2, 0.25) is 5.02 Å². The zero-order valence-corrected chi connectivity index (χ0v) is 10.7. The number of rotatable bonds is 7. The molecule has 0 aliphatic carbocycles. The number of aliphatic hydroxyl groups is 1. The maximum absolute atomic E-state index is 10.8. The first-order chi connectivity index (χ1) is 8.54. The molecule has 18 heavy (non-hydrogen) atoms. The van der Waals surface area contributed by atoms with Crippen LogP contribution in [-0.4, -0.2) is 36.4 Å². The van der Waals surface area contributed by atoms with Crippen LogP contribution in [0.15, 0.2) is 18.2 Å². The summed E-state index contributed by atoms with van der Waals surface area (Å²) in [5, 5.41) is 23.5. The molecule has 1 unspecified atom stereocenters. The second-order valence-corrected chi connectivity index (χ2v) is 4.18. The summed E-state index contributed by atoms with van der Waals surface area (Å²) in [5.41, 5.74) is 0.303. The highest BCUT2D eigenvalue weighted by atomic mass is 35.5. The minimum absolute atomic E-state index is 0.0411. The number of aliphatic hydroxyl groups excluding tert-OH is 1. The number of ether oxygens (including phenoxy) is 1. The maximum atomic E-state index is 10.8. The Bertz CT molecular complexity index is 414. The summed E-state index contributed by atoms with van der Waals surface area (Å²) in [6.45, 7) is 0.630. The number of anilines is 1. The van der Waals surface area contributed by atoms with Crippen LogP contribution >= 0.6 is 11.6 Å². The van der Waals surface area contributed by atoms with E-state index >= 15 is 0 Å². The average molecular weight is 275 g/mol. The zero-order chi connectivity index (χ0) is 13.5. The summed E-state index contributed by atoms with van der Waals surface area (Å²) in [7, 11) is 1.50. The van der Waals surface area contributed by atoms with Gasteiger partial charge in [0.15, 0.2) is 0 Å². The molecular weight excluding hydrogens is 260 g/mol. The van der Waals surface area contributed by atoms with Crippen molar-refractivity contribution in [1.29, 1.82) is 0 Å². The van der Waals surface area contributed by atoms with Crippen LogP contribution in [0, 0.1) is 10.1 Å². The fraction of sp³-hybridized carbons (Fsp3) is 0.455. The molecule has 100 valence electrons. The van der Waals surface area contributed by atoms with Gasteiger partial charge in [0.25, 0.3) is 5.69 Å². The molecule has 0 heterocycles. The number of benzene rings is 1. The van der Waals surface area contributed by atoms with Crippen LogP contribution in [0.1, 0.15) is 6.42 Å². The number of nitrogens with zero attached hydrogens (tertiary/aromatic N) is 1. The monoisotopic (exact) mass is 274 g/mol. The lowest BCUT2D eigenvalue weighted by atomic mass is 10.2. The summed E-state index contributed by atoms with van der Waals surface area (Å²) in [5.74, 6) is 0. The summed E-state index contributed by atoms with van der Waals surface area (Å²) in [6.07, 6.45) is -0.168. The molecule has 0 spiro atoms. The fourth-order valence-corrected chi connectivity index (χ4v) is 1.63. The molecule has 0 saturated heterocycles. The summed E-state index contributed by atoms with van der Waals surface area (Å²) in [4.78, 5) is 10.3. The Labute approximate surface area is 110 Å². The number of nitrogens with one attached hydrogen (secondary N) is 1. The van der Waals surface area contributed by atoms with Gasteiger partial charge in [0.1, 0.15) is 5.69 Å². The van der Waals surface area contributed by atoms with E-state index < -0.39 is 11.0 Å². The van der Waals surface area contributed by atoms with Crippen molar-refractivity contribution < 1.29 is 14.8 Å². The van der Waals surface area contributed by atoms with Crippen LogP contribution < -0.4 is 5.32 Å². The Kier molecular flexibility index (Phi) is 5.84. The van der Waals surface area contributed by atoms with E-state index in [1.54, 1.807) is 0 Å². The van der Waals surface area contributed by atoms with Crippen molar-refractivity contribution in [3.05, 3.63) is 33.3 Å². The van der Waals surface area contributed by atoms with Crippen molar-refractivity contribution in [2.75, 3.05) is 25.6 Å². The minimum atomic E-state index is -0.597. The van der Waals surface area contributed by atoms with Gasteiger partial charge >= 0.3 is 0 Å². The molecule has 0 aliphatic rings. The molecule has 0 amide bonds. The van der Waals surface area contributed by atoms with Crippen LogP contribution in [0.3, 0.4) is 0 Å². The molecule has 0 aromatic heterocycles. The molecule has 0 bridgehead atoms. The van der Waals surface area contributed by atoms with E-state index in [2.05, 4.69) is 5.32 Å². The predicted octanol–water partition coefficient (Wildman–Crippen LogP) is 2.06. The molecule has 0 saturated carbocycles. The van der Waals surface area contributed by atoms with Gasteiger partial charge in [-0.05, 0) is 18.6 Å². The SMILES string of the molecule is COCC(O)CCNc1cc(Cl)ccc1[N+](=O)[O-]. The molecule has 1 rings (SSSR count). The van der Waals surface area contributed by atoms with Gasteiger partial charge in [0, 0.05) is 24.7 Å². The van der Waals surface area contributed by atoms with E-state index in [9.17, 15) is 15.2 Å². The minimum Gasteiger partial charge on any atom is -0.391 e. The van der Waals surface area contributed by atoms with Crippen LogP contribution in [0.5, 0.6) is 0 Å². The third kappa shape index (κ3) is 4.48. The Hall–Kier alpha value is -1.37. The number of hydrogen-bond acceptors (Lipinski definition) is 5. The van der Waals surface area contributed by atoms with E-state index in [0.717, 1.165) is 0 Å². The Morgan fingerprint density at radius 2 is 2.33 bits per heavy atom. The standard InChI is InChI=1S/C11H15ClN2O4/c1-18-7-9(15)4-5-13-10-6-8(12)2-3-11(10)14(16)17/h2-3,6,9,13,15H,4-5,7H2,1H3. The second-order valence-electron chi connectivity index (χ2n) is 3.74. The molecular formula is C11H15ClN2O4. The predicted molar refractivity (Wildman–Crippen MR) is 69.1 cm³/mol. The molecule has 0 radical (unpaired) electrons. The maximum Gasteiger partial charge on any atom is 0.292 e. The van der Waals surface area contributed by atoms with E-state index in [4.69, 9.17) is 16.3 Å². The molecule has 0 fully saturated rings. The van der Waals surface area contributed by atoms with Gasteiger partial charge in [-0.3, -0.25) is 10.1 Å². The van der Waals surface area contributed by atoms with Gasteiger partial charge in [-0.1, -0.05) is 11.6 Å². The third-order valence-corrected chi connectivity index (χ3v) is 2.54. The number of hydrogen-bond donors (Lipinski definition) is 2. The quantitative estimate of drug-likeness (QED) is 0.587. The Morgan fingerprint density at radius 3 is 2.94 bits per heavy atom. The molecule has 6 nitrogen and oxygen atoms in total. The van der Waals surface area contributed by atoms with Gasteiger partial charge in [0.2, 0.25) is 0 Å². The van der Waals surface area contributed by atoms with E-state index in [1.807, 2.05) is 0 Å². The topological polar surface area (TPSA) is 84.6 Å². The Morgan fingerprint density at radius 1 is 1.61 bits per heavy atom. The summed E-state index contributed by atoms with van der Waals surface area (Å²) in [6, 6.07) is 4.29. The van der Waals surface area contributed by atoms with Gasteiger partial charge in [-0.15, -0.1) is 0 Å². The summed E-state index contributed by atoms with van der Waals surface area (Å²) >= 11 is 5.78. The molecule has 0 aliphatic heterocycles. The normalized spacial score (nSPS) is 12.2. The number of nitro groups is 1. The van der Waals surface area contributed by atoms with Gasteiger partial charge in [0.05, 0.1) is 17.6 Å². The average Bonchev–Trinajstić information content (AvgIpc) is 2.29. The van der Waals surface area contributed by atoms with Crippen LogP contribution in [0.25, 0.3) is 0 Å². The van der Waals surface area contributed by atoms with E-state index in [-0.39, 0.29) is 12.3 Å². The van der Waals surface area contributed by atoms with Crippen molar-refractivity contribution in [1.82, 2.24) is 0 Å². The fourth-order valence-electron chi connectivity index (χ4n) is 1.46. The van der Waals surface area contributed by atoms with Crippen molar-refractivity contribution in [3.8, 4) is 0 Å². The lowest BCUT2D eigenvalue weighted by Gasteiger charge is -2.11. The highest BCUT2D eigenvalue weighted by Gasteiger charge is 2.13. The van der Waals surface area contributed by atoms with Crippen LogP contribution in [0.4, 0.5) is 11.4 Å². The lowest BCUT2D eigenvalue weighted by Crippen LogP contribution is -2.18. The third-order valence-electron chi connectivity index (χ3n) is 2.31. The number of halogens is 1. The van der Waals surface area contributed by atoms with E-state index in [0.29, 0.717) is 23.7 Å². The first-order valence-electron chi connectivity index (χ1n) is 5.39. The van der Waals surface area contributed by atoms with Gasteiger partial charge in [-0.25, -0.2) is 0 Å². The zero-order valence-electron chi connectivity index (χ0n) is 9.93. The Balaban J connectivity index is 2.60. The first-order valence-corrected chi connectivity index (χ1v) is 5.77. The lowest BCUT2D eigenvalue weighted by molar-refractivity contribution is -0.384. The van der Waals surface area contributed by atoms with Gasteiger partial charge in [-0.2, -0.15) is 0 Å². The smallest absolute Gasteiger partial charge is 0.292 e. The van der Waals surface area contributed by atoms with Crippen molar-refractivity contribution >= 4 is 23.0 Å². The van der Waals surface area contributed by atoms with Gasteiger partial charge < -0.3 is 15.2 Å². The molecule has 2 N–H and O–H groups in total. The summed E-state index contributed by atoms with van der Waals surface area (Å²) < 4.78 is 4.78. The highest BCUT2D eigenvalue weighted by molar-refractivity contribution is 6.31. The number of nitro benzene ring substituents is 1. The molecule has 1 aromatic rings. The van der Waals surface area contributed by atoms with E-state index in [1.165, 1.54) is 25.3 Å². The number of methoxy groups -OCH3 is 1. The van der Waals surface area contributed by atoms with Crippen LogP contribution in [-0.2, 0) is 4.74 Å². The molecule has 7 heteroatoms. The first kappa shape index (κ1) is 14.7. The molecule has 1 aromatic carbocycles. The van der Waals surface area contributed by atoms with Crippen molar-refractivity contribution in [2.24, 2.45) is 0 Å². The second kappa shape index (κ2) is 7.15. The largest absolute Gasteiger partial charge is 0.391 e. The van der Waals surface area contributed by atoms with Crippen molar-refractivity contribution in [3.63, 3.8) is 0 Å². The molecule has 1 atom stereocenters. The highest BCUT2D eigenvalue weighted by Crippen LogP contribution is 2.27.